The minimum Gasteiger partial charge on any atom is -0.381 e. The molecular weight excluding hydrogens is 462 g/mol. The molecule has 0 amide bonds. The number of benzene rings is 2. The number of hydrogen-bond acceptors (Lipinski definition) is 6. The summed E-state index contributed by atoms with van der Waals surface area (Å²) in [5, 5.41) is 4.55. The van der Waals surface area contributed by atoms with E-state index in [-0.39, 0.29) is 12.3 Å². The second-order valence-electron chi connectivity index (χ2n) is 9.95. The molecule has 1 N–H and O–H groups in total. The van der Waals surface area contributed by atoms with Crippen molar-refractivity contribution in [3.63, 3.8) is 0 Å². The van der Waals surface area contributed by atoms with Gasteiger partial charge < -0.3 is 14.8 Å². The summed E-state index contributed by atoms with van der Waals surface area (Å²) in [6.07, 6.45) is 2.08. The summed E-state index contributed by atoms with van der Waals surface area (Å²) in [6.45, 7) is 9.53. The smallest absolute Gasteiger partial charge is 0.263 e. The molecule has 1 fully saturated rings. The Morgan fingerprint density at radius 1 is 1.12 bits per heavy atom. The van der Waals surface area contributed by atoms with Gasteiger partial charge in [0.2, 0.25) is 0 Å². The Balaban J connectivity index is 1.59. The molecule has 0 atom stereocenters. The molecule has 0 unspecified atom stereocenters. The molecule has 0 radical (unpaired) electrons. The van der Waals surface area contributed by atoms with Crippen molar-refractivity contribution in [1.29, 1.82) is 0 Å². The molecule has 1 saturated heterocycles. The van der Waals surface area contributed by atoms with Gasteiger partial charge in [-0.3, -0.25) is 9.36 Å². The molecule has 0 saturated carbocycles. The van der Waals surface area contributed by atoms with Gasteiger partial charge in [0, 0.05) is 44.5 Å². The zero-order valence-corrected chi connectivity index (χ0v) is 22.2. The van der Waals surface area contributed by atoms with E-state index in [9.17, 15) is 4.79 Å². The maximum atomic E-state index is 13.5. The van der Waals surface area contributed by atoms with Crippen LogP contribution in [0.25, 0.3) is 10.9 Å². The van der Waals surface area contributed by atoms with Gasteiger partial charge in [-0.15, -0.1) is 0 Å². The largest absolute Gasteiger partial charge is 0.381 e. The fourth-order valence-corrected chi connectivity index (χ4v) is 5.73. The lowest BCUT2D eigenvalue weighted by Crippen LogP contribution is -2.28. The molecule has 0 aliphatic carbocycles. The Hall–Kier alpha value is -2.13. The second-order valence-corrected chi connectivity index (χ2v) is 16.9. The number of nitrogens with one attached hydrogen (secondary N) is 1. The van der Waals surface area contributed by atoms with Gasteiger partial charge in [-0.2, -0.15) is 11.8 Å². The zero-order chi connectivity index (χ0) is 24.0. The van der Waals surface area contributed by atoms with E-state index in [1.54, 1.807) is 4.57 Å². The molecule has 2 aromatic carbocycles. The fourth-order valence-electron chi connectivity index (χ4n) is 3.85. The number of aromatic nitrogens is 2. The standard InChI is InChI=1S/C26H35N3O3SSi/c1-34(2,3)16-15-32-19-29-25(18-33-22-11-13-31-14-12-22)28-24-17-21(9-10-23(24)26(29)30)27-20-7-5-4-6-8-20/h4-10,17,22,27H,11-16,18-19H2,1-3H3. The van der Waals surface area contributed by atoms with E-state index in [0.29, 0.717) is 28.5 Å². The highest BCUT2D eigenvalue weighted by molar-refractivity contribution is 7.99. The minimum atomic E-state index is -1.19. The quantitative estimate of drug-likeness (QED) is 0.279. The maximum absolute atomic E-state index is 13.5. The third kappa shape index (κ3) is 6.94. The Labute approximate surface area is 207 Å². The molecule has 1 aliphatic rings. The van der Waals surface area contributed by atoms with E-state index in [0.717, 1.165) is 49.3 Å². The van der Waals surface area contributed by atoms with Gasteiger partial charge in [-0.1, -0.05) is 37.8 Å². The van der Waals surface area contributed by atoms with E-state index in [4.69, 9.17) is 14.5 Å². The molecule has 2 heterocycles. The van der Waals surface area contributed by atoms with Crippen LogP contribution in [0.3, 0.4) is 0 Å². The highest BCUT2D eigenvalue weighted by Crippen LogP contribution is 2.26. The summed E-state index contributed by atoms with van der Waals surface area (Å²) in [5.74, 6) is 1.46. The average molecular weight is 498 g/mol. The maximum Gasteiger partial charge on any atom is 0.263 e. The first-order chi connectivity index (χ1) is 16.4. The van der Waals surface area contributed by atoms with Crippen molar-refractivity contribution < 1.29 is 9.47 Å². The normalized spacial score (nSPS) is 15.0. The van der Waals surface area contributed by atoms with E-state index >= 15 is 0 Å². The summed E-state index contributed by atoms with van der Waals surface area (Å²) in [7, 11) is -1.19. The number of nitrogens with zero attached hydrogens (tertiary/aromatic N) is 2. The molecule has 8 heteroatoms. The number of anilines is 2. The van der Waals surface area contributed by atoms with Crippen LogP contribution in [0.5, 0.6) is 0 Å². The Morgan fingerprint density at radius 2 is 1.88 bits per heavy atom. The minimum absolute atomic E-state index is 0.0353. The Morgan fingerprint density at radius 3 is 2.62 bits per heavy atom. The summed E-state index contributed by atoms with van der Waals surface area (Å²) in [5.41, 5.74) is 2.60. The molecule has 1 aromatic heterocycles. The molecule has 0 spiro atoms. The van der Waals surface area contributed by atoms with Gasteiger partial charge in [-0.05, 0) is 49.2 Å². The number of fused-ring (bicyclic) bond motifs is 1. The van der Waals surface area contributed by atoms with Crippen molar-refractivity contribution in [2.75, 3.05) is 25.1 Å². The highest BCUT2D eigenvalue weighted by Gasteiger charge is 2.18. The fraction of sp³-hybridized carbons (Fsp3) is 0.462. The van der Waals surface area contributed by atoms with Crippen LogP contribution < -0.4 is 10.9 Å². The lowest BCUT2D eigenvalue weighted by atomic mass is 10.2. The first-order valence-corrected chi connectivity index (χ1v) is 16.8. The third-order valence-corrected chi connectivity index (χ3v) is 9.00. The SMILES string of the molecule is C[Si](C)(C)CCOCn1c(CSC2CCOCC2)nc2cc(Nc3ccccc3)ccc2c1=O. The van der Waals surface area contributed by atoms with Gasteiger partial charge in [0.1, 0.15) is 12.6 Å². The molecule has 182 valence electrons. The summed E-state index contributed by atoms with van der Waals surface area (Å²) >= 11 is 1.87. The van der Waals surface area contributed by atoms with Crippen LogP contribution in [0.2, 0.25) is 25.7 Å². The van der Waals surface area contributed by atoms with Gasteiger partial charge >= 0.3 is 0 Å². The van der Waals surface area contributed by atoms with Crippen molar-refractivity contribution in [3.05, 3.63) is 64.7 Å². The molecule has 6 nitrogen and oxygen atoms in total. The lowest BCUT2D eigenvalue weighted by molar-refractivity contribution is 0.0827. The Bertz CT molecular complexity index is 1140. The second kappa shape index (κ2) is 11.5. The van der Waals surface area contributed by atoms with E-state index in [1.165, 1.54) is 0 Å². The molecule has 34 heavy (non-hydrogen) atoms. The lowest BCUT2D eigenvalue weighted by Gasteiger charge is -2.22. The molecular formula is C26H35N3O3SSi. The molecule has 3 aromatic rings. The van der Waals surface area contributed by atoms with Crippen molar-refractivity contribution in [2.45, 2.75) is 56.3 Å². The zero-order valence-electron chi connectivity index (χ0n) is 20.4. The number of rotatable bonds is 10. The van der Waals surface area contributed by atoms with E-state index < -0.39 is 8.07 Å². The molecule has 0 bridgehead atoms. The summed E-state index contributed by atoms with van der Waals surface area (Å²) in [6, 6.07) is 16.8. The van der Waals surface area contributed by atoms with Crippen LogP contribution in [-0.2, 0) is 22.0 Å². The predicted molar refractivity (Wildman–Crippen MR) is 145 cm³/mol. The van der Waals surface area contributed by atoms with E-state index in [1.807, 2.05) is 60.3 Å². The Kier molecular flexibility index (Phi) is 8.47. The molecule has 4 rings (SSSR count). The number of thioether (sulfide) groups is 1. The first-order valence-electron chi connectivity index (χ1n) is 12.0. The van der Waals surface area contributed by atoms with Crippen molar-refractivity contribution >= 4 is 42.1 Å². The summed E-state index contributed by atoms with van der Waals surface area (Å²) < 4.78 is 13.2. The monoisotopic (exact) mass is 497 g/mol. The average Bonchev–Trinajstić information content (AvgIpc) is 2.82. The van der Waals surface area contributed by atoms with Crippen LogP contribution in [0.15, 0.2) is 53.3 Å². The summed E-state index contributed by atoms with van der Waals surface area (Å²) in [4.78, 5) is 18.4. The van der Waals surface area contributed by atoms with Crippen LogP contribution in [0.4, 0.5) is 11.4 Å². The van der Waals surface area contributed by atoms with Crippen LogP contribution >= 0.6 is 11.8 Å². The van der Waals surface area contributed by atoms with Gasteiger partial charge in [0.05, 0.1) is 16.7 Å². The van der Waals surface area contributed by atoms with Crippen LogP contribution in [-0.4, -0.2) is 42.7 Å². The topological polar surface area (TPSA) is 65.4 Å². The number of ether oxygens (including phenoxy) is 2. The van der Waals surface area contributed by atoms with Gasteiger partial charge in [0.15, 0.2) is 0 Å². The highest BCUT2D eigenvalue weighted by atomic mass is 32.2. The predicted octanol–water partition coefficient (Wildman–Crippen LogP) is 5.86. The van der Waals surface area contributed by atoms with Crippen molar-refractivity contribution in [3.8, 4) is 0 Å². The number of para-hydroxylation sites is 1. The van der Waals surface area contributed by atoms with E-state index in [2.05, 4.69) is 25.0 Å². The van der Waals surface area contributed by atoms with Crippen LogP contribution in [0, 0.1) is 0 Å². The third-order valence-electron chi connectivity index (χ3n) is 5.93. The number of hydrogen-bond donors (Lipinski definition) is 1. The van der Waals surface area contributed by atoms with Crippen LogP contribution in [0.1, 0.15) is 18.7 Å². The van der Waals surface area contributed by atoms with Crippen molar-refractivity contribution in [2.24, 2.45) is 0 Å². The van der Waals surface area contributed by atoms with Crippen molar-refractivity contribution in [1.82, 2.24) is 9.55 Å². The van der Waals surface area contributed by atoms with Gasteiger partial charge in [-0.25, -0.2) is 4.98 Å². The molecule has 1 aliphatic heterocycles. The first kappa shape index (κ1) is 25.0. The van der Waals surface area contributed by atoms with Gasteiger partial charge in [0.25, 0.3) is 5.56 Å².